The number of alkyl halides is 3. The molecule has 0 aliphatic carbocycles. The fourth-order valence-electron chi connectivity index (χ4n) is 3.73. The van der Waals surface area contributed by atoms with Crippen LogP contribution in [0.5, 0.6) is 11.5 Å². The normalized spacial score (nSPS) is 12.5. The minimum atomic E-state index is -4.47. The summed E-state index contributed by atoms with van der Waals surface area (Å²) in [5, 5.41) is 4.22. The number of carbonyl (C=O) groups is 1. The number of hydroxylamine groups is 1. The Balaban J connectivity index is 1.76. The number of carbonyl (C=O) groups excluding carboxylic acids is 1. The second kappa shape index (κ2) is 15.3. The third-order valence-corrected chi connectivity index (χ3v) is 5.71. The summed E-state index contributed by atoms with van der Waals surface area (Å²) in [5.74, 6) is -0.166. The Morgan fingerprint density at radius 1 is 0.976 bits per heavy atom. The highest BCUT2D eigenvalue weighted by Crippen LogP contribution is 2.33. The lowest BCUT2D eigenvalue weighted by Gasteiger charge is -2.16. The predicted molar refractivity (Wildman–Crippen MR) is 151 cm³/mol. The van der Waals surface area contributed by atoms with Gasteiger partial charge in [0.25, 0.3) is 0 Å². The van der Waals surface area contributed by atoms with Gasteiger partial charge in [-0.2, -0.15) is 13.2 Å². The van der Waals surface area contributed by atoms with Crippen molar-refractivity contribution in [3.8, 4) is 11.5 Å². The van der Waals surface area contributed by atoms with Crippen molar-refractivity contribution in [2.75, 3.05) is 20.8 Å². The van der Waals surface area contributed by atoms with Crippen molar-refractivity contribution in [3.63, 3.8) is 0 Å². The summed E-state index contributed by atoms with van der Waals surface area (Å²) in [5.41, 5.74) is 5.10. The number of oxime groups is 1. The number of benzene rings is 3. The van der Waals surface area contributed by atoms with Gasteiger partial charge in [-0.1, -0.05) is 41.6 Å². The molecule has 0 atom stereocenters. The van der Waals surface area contributed by atoms with E-state index in [0.717, 1.165) is 12.1 Å². The zero-order valence-electron chi connectivity index (χ0n) is 23.5. The first-order chi connectivity index (χ1) is 20.2. The largest absolute Gasteiger partial charge is 0.503 e. The summed E-state index contributed by atoms with van der Waals surface area (Å²) in [4.78, 5) is 23.4. The Morgan fingerprint density at radius 2 is 1.71 bits per heavy atom. The van der Waals surface area contributed by atoms with E-state index in [4.69, 9.17) is 23.9 Å². The molecule has 222 valence electrons. The Bertz CT molecular complexity index is 1430. The van der Waals surface area contributed by atoms with Crippen molar-refractivity contribution < 1.29 is 41.9 Å². The lowest BCUT2D eigenvalue weighted by atomic mass is 10.0. The van der Waals surface area contributed by atoms with Crippen LogP contribution in [-0.4, -0.2) is 32.5 Å². The van der Waals surface area contributed by atoms with Crippen LogP contribution in [0.25, 0.3) is 5.57 Å². The third-order valence-electron chi connectivity index (χ3n) is 5.71. The van der Waals surface area contributed by atoms with Crippen LogP contribution in [0.15, 0.2) is 96.0 Å². The van der Waals surface area contributed by atoms with E-state index >= 15 is 0 Å². The van der Waals surface area contributed by atoms with E-state index < -0.39 is 17.7 Å². The van der Waals surface area contributed by atoms with Crippen LogP contribution in [0.1, 0.15) is 36.1 Å². The molecule has 0 aromatic heterocycles. The Labute approximate surface area is 241 Å². The van der Waals surface area contributed by atoms with E-state index in [1.165, 1.54) is 32.6 Å². The molecule has 0 saturated heterocycles. The molecule has 0 aliphatic rings. The van der Waals surface area contributed by atoms with Crippen LogP contribution in [0.2, 0.25) is 0 Å². The molecular formula is C31H31F3N2O6. The highest BCUT2D eigenvalue weighted by atomic mass is 19.4. The molecule has 8 nitrogen and oxygen atoms in total. The van der Waals surface area contributed by atoms with Gasteiger partial charge in [0.1, 0.15) is 36.0 Å². The monoisotopic (exact) mass is 584 g/mol. The Hall–Kier alpha value is -4.77. The first-order valence-electron chi connectivity index (χ1n) is 12.8. The number of nitrogens with one attached hydrogen (secondary N) is 1. The maximum atomic E-state index is 13.0. The fraction of sp³-hybridized carbons (Fsp3) is 0.226. The van der Waals surface area contributed by atoms with Crippen LogP contribution in [0.3, 0.4) is 0 Å². The van der Waals surface area contributed by atoms with Gasteiger partial charge in [0, 0.05) is 5.56 Å². The number of rotatable bonds is 13. The third kappa shape index (κ3) is 8.61. The van der Waals surface area contributed by atoms with Crippen LogP contribution >= 0.6 is 0 Å². The van der Waals surface area contributed by atoms with Gasteiger partial charge in [-0.15, -0.1) is 0 Å². The first-order valence-corrected chi connectivity index (χ1v) is 12.8. The van der Waals surface area contributed by atoms with Gasteiger partial charge in [-0.3, -0.25) is 10.3 Å². The Morgan fingerprint density at radius 3 is 2.36 bits per heavy atom. The van der Waals surface area contributed by atoms with Crippen molar-refractivity contribution in [2.45, 2.75) is 26.6 Å². The van der Waals surface area contributed by atoms with Crippen molar-refractivity contribution in [2.24, 2.45) is 5.16 Å². The molecule has 0 fully saturated rings. The van der Waals surface area contributed by atoms with Crippen molar-refractivity contribution in [3.05, 3.63) is 113 Å². The van der Waals surface area contributed by atoms with E-state index in [2.05, 4.69) is 10.6 Å². The molecular weight excluding hydrogens is 553 g/mol. The van der Waals surface area contributed by atoms with E-state index in [9.17, 15) is 18.0 Å². The summed E-state index contributed by atoms with van der Waals surface area (Å²) in [6.07, 6.45) is -1.43. The van der Waals surface area contributed by atoms with Crippen LogP contribution in [0.4, 0.5) is 13.2 Å². The van der Waals surface area contributed by atoms with Crippen LogP contribution in [-0.2, 0) is 36.7 Å². The van der Waals surface area contributed by atoms with Crippen molar-refractivity contribution >= 4 is 17.3 Å². The molecule has 0 spiro atoms. The van der Waals surface area contributed by atoms with Crippen molar-refractivity contribution in [1.29, 1.82) is 0 Å². The SMILES string of the molecule is CC=C(NOCc1ccccc1C(=COC)C(=O)OC)C(=NOCC)c1ccc(Oc2cccc(C(F)(F)F)c2)cc1. The first kappa shape index (κ1) is 31.8. The number of halogens is 3. The second-order valence-electron chi connectivity index (χ2n) is 8.52. The average molecular weight is 585 g/mol. The number of allylic oxidation sites excluding steroid dienone is 2. The number of esters is 1. The van der Waals surface area contributed by atoms with Crippen molar-refractivity contribution in [1.82, 2.24) is 5.48 Å². The van der Waals surface area contributed by atoms with E-state index in [1.54, 1.807) is 62.4 Å². The minimum absolute atomic E-state index is 0.0565. The number of nitrogens with zero attached hydrogens (tertiary/aromatic N) is 1. The Kier molecular flexibility index (Phi) is 11.6. The number of ether oxygens (including phenoxy) is 3. The predicted octanol–water partition coefficient (Wildman–Crippen LogP) is 7.02. The summed E-state index contributed by atoms with van der Waals surface area (Å²) in [7, 11) is 2.72. The molecule has 3 aromatic rings. The molecule has 3 aromatic carbocycles. The number of hydrogen-bond acceptors (Lipinski definition) is 8. The van der Waals surface area contributed by atoms with Gasteiger partial charge in [0.2, 0.25) is 0 Å². The summed E-state index contributed by atoms with van der Waals surface area (Å²) >= 11 is 0. The van der Waals surface area contributed by atoms with Gasteiger partial charge in [0.15, 0.2) is 0 Å². The molecule has 0 saturated carbocycles. The quantitative estimate of drug-likeness (QED) is 0.0759. The minimum Gasteiger partial charge on any atom is -0.503 e. The van der Waals surface area contributed by atoms with Crippen LogP contribution < -0.4 is 10.2 Å². The smallest absolute Gasteiger partial charge is 0.416 e. The molecule has 0 bridgehead atoms. The van der Waals surface area contributed by atoms with Gasteiger partial charge < -0.3 is 19.0 Å². The number of hydrogen-bond donors (Lipinski definition) is 1. The molecule has 0 unspecified atom stereocenters. The molecule has 42 heavy (non-hydrogen) atoms. The maximum Gasteiger partial charge on any atom is 0.416 e. The van der Waals surface area contributed by atoms with Gasteiger partial charge >= 0.3 is 12.1 Å². The van der Waals surface area contributed by atoms with Gasteiger partial charge in [0.05, 0.1) is 31.7 Å². The zero-order valence-corrected chi connectivity index (χ0v) is 23.5. The fourth-order valence-corrected chi connectivity index (χ4v) is 3.73. The molecule has 1 N–H and O–H groups in total. The molecule has 3 rings (SSSR count). The van der Waals surface area contributed by atoms with Gasteiger partial charge in [-0.05, 0) is 67.4 Å². The maximum absolute atomic E-state index is 13.0. The molecule has 0 heterocycles. The number of methoxy groups -OCH3 is 2. The standard InChI is InChI=1S/C31H31F3N2O6/c1-5-28(35-41-19-22-10-7-8-13-26(22)27(20-38-3)30(37)39-4)29(36-40-6-2)21-14-16-24(17-15-21)42-25-12-9-11-23(18-25)31(32,33)34/h5,7-18,20,35H,6,19H2,1-4H3. The molecule has 0 aliphatic heterocycles. The summed E-state index contributed by atoms with van der Waals surface area (Å²) in [6, 6.07) is 18.4. The topological polar surface area (TPSA) is 87.6 Å². The molecule has 11 heteroatoms. The van der Waals surface area contributed by atoms with E-state index in [1.807, 2.05) is 6.07 Å². The zero-order chi connectivity index (χ0) is 30.5. The van der Waals surface area contributed by atoms with Crippen LogP contribution in [0, 0.1) is 0 Å². The highest BCUT2D eigenvalue weighted by molar-refractivity contribution is 6.16. The highest BCUT2D eigenvalue weighted by Gasteiger charge is 2.30. The second-order valence-corrected chi connectivity index (χ2v) is 8.52. The summed E-state index contributed by atoms with van der Waals surface area (Å²) < 4.78 is 54.7. The van der Waals surface area contributed by atoms with E-state index in [0.29, 0.717) is 40.5 Å². The molecule has 0 amide bonds. The average Bonchev–Trinajstić information content (AvgIpc) is 2.99. The lowest BCUT2D eigenvalue weighted by molar-refractivity contribution is -0.137. The lowest BCUT2D eigenvalue weighted by Crippen LogP contribution is -2.22. The molecule has 0 radical (unpaired) electrons. The van der Waals surface area contributed by atoms with Gasteiger partial charge in [-0.25, -0.2) is 4.79 Å². The summed E-state index contributed by atoms with van der Waals surface area (Å²) in [6.45, 7) is 3.95. The van der Waals surface area contributed by atoms with E-state index in [-0.39, 0.29) is 17.9 Å².